The van der Waals surface area contributed by atoms with Crippen LogP contribution >= 0.6 is 11.3 Å². The minimum Gasteiger partial charge on any atom is -0.495 e. The Morgan fingerprint density at radius 2 is 1.91 bits per heavy atom. The Balaban J connectivity index is 1.31. The van der Waals surface area contributed by atoms with Gasteiger partial charge in [-0.05, 0) is 36.6 Å². The van der Waals surface area contributed by atoms with Gasteiger partial charge in [-0.15, -0.1) is 11.3 Å². The van der Waals surface area contributed by atoms with Crippen LogP contribution in [0.5, 0.6) is 5.75 Å². The second-order valence-electron chi connectivity index (χ2n) is 7.25. The maximum atomic E-state index is 12.4. The number of hydrogen-bond donors (Lipinski definition) is 1. The van der Waals surface area contributed by atoms with Gasteiger partial charge in [0.05, 0.1) is 24.9 Å². The Morgan fingerprint density at radius 3 is 2.75 bits per heavy atom. The quantitative estimate of drug-likeness (QED) is 0.405. The molecular formula is C24H23N3O4S. The number of carbonyl (C=O) groups excluding carboxylic acids is 2. The molecule has 0 aliphatic carbocycles. The van der Waals surface area contributed by atoms with E-state index in [1.54, 1.807) is 24.6 Å². The molecule has 1 N–H and O–H groups in total. The number of fused-ring (bicyclic) bond motifs is 1. The maximum absolute atomic E-state index is 12.4. The summed E-state index contributed by atoms with van der Waals surface area (Å²) < 4.78 is 12.6. The van der Waals surface area contributed by atoms with Crippen LogP contribution in [0.4, 0.5) is 5.69 Å². The lowest BCUT2D eigenvalue weighted by Crippen LogP contribution is -2.15. The standard InChI is InChI=1S/C24H23N3O4S/c1-16-11-17-7-3-5-9-20(17)27(16)13-24(29)31-14-18-15-32-23(25-18)12-22(28)26-19-8-4-6-10-21(19)30-2/h3-11,15H,12-14H2,1-2H3,(H,26,28). The topological polar surface area (TPSA) is 82.5 Å². The summed E-state index contributed by atoms with van der Waals surface area (Å²) in [7, 11) is 1.56. The van der Waals surface area contributed by atoms with Crippen molar-refractivity contribution >= 4 is 39.8 Å². The Labute approximate surface area is 189 Å². The van der Waals surface area contributed by atoms with Crippen LogP contribution in [0.1, 0.15) is 16.4 Å². The molecule has 0 aliphatic heterocycles. The predicted molar refractivity (Wildman–Crippen MR) is 124 cm³/mol. The van der Waals surface area contributed by atoms with Gasteiger partial charge in [-0.1, -0.05) is 30.3 Å². The first kappa shape index (κ1) is 21.6. The van der Waals surface area contributed by atoms with Gasteiger partial charge >= 0.3 is 5.97 Å². The van der Waals surface area contributed by atoms with Crippen LogP contribution in [-0.2, 0) is 33.9 Å². The van der Waals surface area contributed by atoms with Crippen LogP contribution in [0.2, 0.25) is 0 Å². The number of methoxy groups -OCH3 is 1. The van der Waals surface area contributed by atoms with Crippen molar-refractivity contribution in [3.8, 4) is 5.75 Å². The average molecular weight is 450 g/mol. The number of benzene rings is 2. The SMILES string of the molecule is COc1ccccc1NC(=O)Cc1nc(COC(=O)Cn2c(C)cc3ccccc32)cs1. The fourth-order valence-corrected chi connectivity index (χ4v) is 4.24. The van der Waals surface area contributed by atoms with E-state index in [9.17, 15) is 9.59 Å². The number of amides is 1. The van der Waals surface area contributed by atoms with Crippen LogP contribution < -0.4 is 10.1 Å². The zero-order valence-corrected chi connectivity index (χ0v) is 18.6. The van der Waals surface area contributed by atoms with Gasteiger partial charge in [-0.3, -0.25) is 9.59 Å². The molecule has 2 heterocycles. The molecule has 4 aromatic rings. The summed E-state index contributed by atoms with van der Waals surface area (Å²) in [4.78, 5) is 29.2. The van der Waals surface area contributed by atoms with Gasteiger partial charge < -0.3 is 19.4 Å². The fraction of sp³-hybridized carbons (Fsp3) is 0.208. The van der Waals surface area contributed by atoms with E-state index in [0.29, 0.717) is 22.1 Å². The predicted octanol–water partition coefficient (Wildman–Crippen LogP) is 4.34. The molecule has 0 aliphatic rings. The molecule has 7 nitrogen and oxygen atoms in total. The van der Waals surface area contributed by atoms with E-state index in [-0.39, 0.29) is 31.4 Å². The Hall–Kier alpha value is -3.65. The molecule has 0 atom stereocenters. The van der Waals surface area contributed by atoms with Gasteiger partial charge in [-0.25, -0.2) is 4.98 Å². The van der Waals surface area contributed by atoms with Crippen molar-refractivity contribution in [2.45, 2.75) is 26.5 Å². The molecule has 0 spiro atoms. The second-order valence-corrected chi connectivity index (χ2v) is 8.19. The monoisotopic (exact) mass is 449 g/mol. The van der Waals surface area contributed by atoms with Gasteiger partial charge in [0, 0.05) is 16.6 Å². The summed E-state index contributed by atoms with van der Waals surface area (Å²) in [6.07, 6.45) is 0.130. The van der Waals surface area contributed by atoms with Crippen molar-refractivity contribution < 1.29 is 19.1 Å². The number of nitrogens with zero attached hydrogens (tertiary/aromatic N) is 2. The first-order valence-corrected chi connectivity index (χ1v) is 11.0. The third-order valence-electron chi connectivity index (χ3n) is 4.98. The van der Waals surface area contributed by atoms with Crippen LogP contribution in [0.3, 0.4) is 0 Å². The molecule has 2 aromatic heterocycles. The molecule has 0 unspecified atom stereocenters. The van der Waals surface area contributed by atoms with Gasteiger partial charge in [0.25, 0.3) is 0 Å². The molecular weight excluding hydrogens is 426 g/mol. The van der Waals surface area contributed by atoms with Crippen molar-refractivity contribution in [1.29, 1.82) is 0 Å². The summed E-state index contributed by atoms with van der Waals surface area (Å²) in [5.74, 6) is 0.0681. The van der Waals surface area contributed by atoms with E-state index in [0.717, 1.165) is 16.6 Å². The lowest BCUT2D eigenvalue weighted by atomic mass is 10.2. The average Bonchev–Trinajstić information content (AvgIpc) is 3.36. The molecule has 0 saturated heterocycles. The smallest absolute Gasteiger partial charge is 0.326 e. The molecule has 32 heavy (non-hydrogen) atoms. The summed E-state index contributed by atoms with van der Waals surface area (Å²) in [6.45, 7) is 2.18. The zero-order valence-electron chi connectivity index (χ0n) is 17.8. The largest absolute Gasteiger partial charge is 0.495 e. The van der Waals surface area contributed by atoms with Crippen LogP contribution in [0.25, 0.3) is 10.9 Å². The summed E-state index contributed by atoms with van der Waals surface area (Å²) in [6, 6.07) is 17.2. The van der Waals surface area contributed by atoms with Crippen molar-refractivity contribution in [3.05, 3.63) is 76.4 Å². The number of hydrogen-bond acceptors (Lipinski definition) is 6. The number of para-hydroxylation sites is 3. The number of ether oxygens (including phenoxy) is 2. The van der Waals surface area contributed by atoms with E-state index in [1.807, 2.05) is 54.0 Å². The van der Waals surface area contributed by atoms with Gasteiger partial charge in [0.1, 0.15) is 23.9 Å². The summed E-state index contributed by atoms with van der Waals surface area (Å²) >= 11 is 1.36. The van der Waals surface area contributed by atoms with E-state index >= 15 is 0 Å². The van der Waals surface area contributed by atoms with Crippen LogP contribution in [0.15, 0.2) is 60.0 Å². The third-order valence-corrected chi connectivity index (χ3v) is 5.88. The lowest BCUT2D eigenvalue weighted by Gasteiger charge is -2.09. The number of esters is 1. The maximum Gasteiger partial charge on any atom is 0.326 e. The van der Waals surface area contributed by atoms with Crippen molar-refractivity contribution in [2.75, 3.05) is 12.4 Å². The highest BCUT2D eigenvalue weighted by atomic mass is 32.1. The van der Waals surface area contributed by atoms with Crippen LogP contribution in [-0.4, -0.2) is 28.5 Å². The van der Waals surface area contributed by atoms with E-state index in [1.165, 1.54) is 11.3 Å². The van der Waals surface area contributed by atoms with Crippen molar-refractivity contribution in [1.82, 2.24) is 9.55 Å². The number of carbonyl (C=O) groups is 2. The number of nitrogens with one attached hydrogen (secondary N) is 1. The third kappa shape index (κ3) is 4.97. The van der Waals surface area contributed by atoms with Crippen LogP contribution in [0, 0.1) is 6.92 Å². The fourth-order valence-electron chi connectivity index (χ4n) is 3.46. The van der Waals surface area contributed by atoms with E-state index in [4.69, 9.17) is 9.47 Å². The highest BCUT2D eigenvalue weighted by molar-refractivity contribution is 7.09. The van der Waals surface area contributed by atoms with Crippen molar-refractivity contribution in [2.24, 2.45) is 0 Å². The summed E-state index contributed by atoms with van der Waals surface area (Å²) in [5, 5.41) is 6.37. The zero-order chi connectivity index (χ0) is 22.5. The second kappa shape index (κ2) is 9.65. The Morgan fingerprint density at radius 1 is 1.12 bits per heavy atom. The van der Waals surface area contributed by atoms with Crippen molar-refractivity contribution in [3.63, 3.8) is 0 Å². The molecule has 2 aromatic carbocycles. The minimum atomic E-state index is -0.335. The summed E-state index contributed by atoms with van der Waals surface area (Å²) in [5.41, 5.74) is 3.23. The Kier molecular flexibility index (Phi) is 6.51. The molecule has 0 saturated carbocycles. The lowest BCUT2D eigenvalue weighted by molar-refractivity contribution is -0.145. The first-order valence-electron chi connectivity index (χ1n) is 10.1. The molecule has 0 fully saturated rings. The van der Waals surface area contributed by atoms with Gasteiger partial charge in [0.15, 0.2) is 0 Å². The molecule has 164 valence electrons. The molecule has 8 heteroatoms. The molecule has 0 bridgehead atoms. The van der Waals surface area contributed by atoms with Gasteiger partial charge in [0.2, 0.25) is 5.91 Å². The molecule has 0 radical (unpaired) electrons. The highest BCUT2D eigenvalue weighted by Gasteiger charge is 2.13. The van der Waals surface area contributed by atoms with E-state index < -0.39 is 0 Å². The number of aromatic nitrogens is 2. The number of aryl methyl sites for hydroxylation is 1. The first-order chi connectivity index (χ1) is 15.5. The Bertz CT molecular complexity index is 1260. The highest BCUT2D eigenvalue weighted by Crippen LogP contribution is 2.23. The van der Waals surface area contributed by atoms with E-state index in [2.05, 4.69) is 10.3 Å². The molecule has 4 rings (SSSR count). The number of rotatable bonds is 8. The molecule has 1 amide bonds. The van der Waals surface area contributed by atoms with Gasteiger partial charge in [-0.2, -0.15) is 0 Å². The normalized spacial score (nSPS) is 10.8. The number of anilines is 1. The minimum absolute atomic E-state index is 0.0711. The number of thiazole rings is 1.